The van der Waals surface area contributed by atoms with Gasteiger partial charge in [0.2, 0.25) is 23.0 Å². The molecule has 0 amide bonds. The molecule has 0 unspecified atom stereocenters. The predicted molar refractivity (Wildman–Crippen MR) is 546 cm³/mol. The van der Waals surface area contributed by atoms with Crippen LogP contribution in [0.1, 0.15) is 85.9 Å². The van der Waals surface area contributed by atoms with Crippen LogP contribution in [0.4, 0.5) is 39.8 Å². The minimum absolute atomic E-state index is 0.00884. The first kappa shape index (κ1) is 105. The number of benzene rings is 12. The largest absolute Gasteiger partial charge is 0.508 e. The molecule has 0 atom stereocenters. The highest BCUT2D eigenvalue weighted by Crippen LogP contribution is 2.44. The quantitative estimate of drug-likeness (QED) is 0.00517. The first-order valence-electron chi connectivity index (χ1n) is 42.5. The number of anilines is 5. The maximum atomic E-state index is 12.5. The fraction of sp³-hybridized carbons (Fsp3) is 0.148. The number of nitrogens with two attached hydrogens (primary N) is 1. The number of carbonyl (C=O) groups is 4. The lowest BCUT2D eigenvalue weighted by molar-refractivity contribution is -0.385. The van der Waals surface area contributed by atoms with Gasteiger partial charge in [0.15, 0.2) is 69.1 Å². The first-order chi connectivity index (χ1) is 67.8. The van der Waals surface area contributed by atoms with Gasteiger partial charge in [-0.25, -0.2) is 0 Å². The Bertz CT molecular complexity index is 6290. The molecule has 12 aromatic rings. The minimum Gasteiger partial charge on any atom is -0.508 e. The Hall–Kier alpha value is -18.4. The van der Waals surface area contributed by atoms with Gasteiger partial charge in [-0.2, -0.15) is 0 Å². The molecule has 0 aliphatic rings. The molecular weight excluding hydrogens is 1800 g/mol. The fourth-order valence-corrected chi connectivity index (χ4v) is 13.4. The van der Waals surface area contributed by atoms with Crippen molar-refractivity contribution in [3.8, 4) is 97.7 Å². The van der Waals surface area contributed by atoms with Crippen LogP contribution in [-0.4, -0.2) is 152 Å². The number of methoxy groups -OCH3 is 16. The summed E-state index contributed by atoms with van der Waals surface area (Å²) in [5, 5.41) is 43.6. The lowest BCUT2D eigenvalue weighted by Crippen LogP contribution is -2.02. The number of hydrogen-bond acceptors (Lipinski definition) is 30. The van der Waals surface area contributed by atoms with Crippen molar-refractivity contribution in [1.29, 1.82) is 0 Å². The van der Waals surface area contributed by atoms with E-state index in [0.717, 1.165) is 50.2 Å². The summed E-state index contributed by atoms with van der Waals surface area (Å²) in [5.41, 5.74) is 17.0. The summed E-state index contributed by atoms with van der Waals surface area (Å²) in [4.78, 5) is 70.4. The van der Waals surface area contributed by atoms with Gasteiger partial charge in [-0.3, -0.25) is 39.4 Å². The third-order valence-electron chi connectivity index (χ3n) is 20.5. The van der Waals surface area contributed by atoms with Gasteiger partial charge in [0.1, 0.15) is 28.7 Å². The van der Waals surface area contributed by atoms with Crippen LogP contribution in [0.2, 0.25) is 0 Å². The van der Waals surface area contributed by atoms with Crippen LogP contribution >= 0.6 is 0 Å². The average Bonchev–Trinajstić information content (AvgIpc) is 0.829. The number of nitro benzene ring substituents is 2. The number of aromatic hydroxyl groups is 1. The zero-order chi connectivity index (χ0) is 101. The average molecular weight is 1900 g/mol. The zero-order valence-electron chi connectivity index (χ0n) is 79.7. The van der Waals surface area contributed by atoms with E-state index in [1.807, 2.05) is 164 Å². The molecule has 0 radical (unpaired) electrons. The smallest absolute Gasteiger partial charge is 0.280 e. The van der Waals surface area contributed by atoms with Crippen molar-refractivity contribution in [2.45, 2.75) is 0 Å². The van der Waals surface area contributed by atoms with Crippen molar-refractivity contribution in [3.05, 3.63) is 354 Å². The number of carbonyl (C=O) groups excluding carboxylic acids is 4. The summed E-state index contributed by atoms with van der Waals surface area (Å²) >= 11 is 0. The molecule has 12 rings (SSSR count). The van der Waals surface area contributed by atoms with Crippen LogP contribution in [-0.2, 0) is 0 Å². The van der Waals surface area contributed by atoms with Crippen LogP contribution in [0, 0.1) is 20.2 Å². The van der Waals surface area contributed by atoms with Crippen LogP contribution in [0.25, 0.3) is 48.6 Å². The number of rotatable bonds is 42. The van der Waals surface area contributed by atoms with E-state index in [1.54, 1.807) is 168 Å². The zero-order valence-corrected chi connectivity index (χ0v) is 79.7. The first-order valence-corrected chi connectivity index (χ1v) is 42.5. The Morgan fingerprint density at radius 1 is 0.271 bits per heavy atom. The van der Waals surface area contributed by atoms with Crippen LogP contribution in [0.3, 0.4) is 0 Å². The molecule has 32 nitrogen and oxygen atoms in total. The molecule has 140 heavy (non-hydrogen) atoms. The monoisotopic (exact) mass is 1900 g/mol. The number of phenolic OH excluding ortho intramolecular Hbond substituents is 1. The Labute approximate surface area is 810 Å². The van der Waals surface area contributed by atoms with Crippen LogP contribution in [0.15, 0.2) is 267 Å². The van der Waals surface area contributed by atoms with Crippen molar-refractivity contribution in [3.63, 3.8) is 0 Å². The van der Waals surface area contributed by atoms with E-state index in [1.165, 1.54) is 98.4 Å². The number of para-hydroxylation sites is 1. The molecule has 32 heteroatoms. The standard InChI is InChI=1S/2C27H26N2O7.C27H28N2O5.C27H27NO6/c1-33-24-12-7-18(5-6-19-16-25(34-2)27(36-4)26(17-19)35-3)15-22(24)28-14-13-23(30)20-8-10-21(11-9-20)29(31)32;1-33-24-12-11-18(9-10-19-16-25(34-2)27(36-4)26(17-19)35-3)15-21(24)28-14-13-23(30)20-7-5-6-8-22(20)29(31)32;1-31-24-12-7-18(5-6-19-16-25(32-2)27(34-4)26(17-19)33-3)15-22(24)29-14-13-23(30)20-8-10-21(28)11-9-20;1-31-24-12-7-18(5-6-19-16-25(32-2)27(34-4)26(17-19)33-3)15-22(24)28-14-13-23(30)20-8-10-21(29)11-9-20/h2*5-17,28H,1-4H3;5-17,29H,28H2,1-4H3;5-17,28-29H,1-4H3/b6-5-,14-13-;10-9-,14-13-;2*6-5-,14-13-. The van der Waals surface area contributed by atoms with Gasteiger partial charge >= 0.3 is 0 Å². The van der Waals surface area contributed by atoms with E-state index in [9.17, 15) is 44.5 Å². The fourth-order valence-electron chi connectivity index (χ4n) is 13.4. The van der Waals surface area contributed by atoms with Gasteiger partial charge in [-0.15, -0.1) is 0 Å². The third kappa shape index (κ3) is 29.6. The van der Waals surface area contributed by atoms with Gasteiger partial charge in [0.05, 0.1) is 152 Å². The molecule has 0 spiro atoms. The van der Waals surface area contributed by atoms with E-state index in [4.69, 9.17) is 81.5 Å². The number of hydrogen-bond donors (Lipinski definition) is 6. The van der Waals surface area contributed by atoms with Crippen molar-refractivity contribution in [2.24, 2.45) is 0 Å². The molecule has 0 fully saturated rings. The van der Waals surface area contributed by atoms with Crippen molar-refractivity contribution in [2.75, 3.05) is 141 Å². The Morgan fingerprint density at radius 3 is 0.750 bits per heavy atom. The van der Waals surface area contributed by atoms with Gasteiger partial charge in [-0.1, -0.05) is 85.0 Å². The van der Waals surface area contributed by atoms with Crippen molar-refractivity contribution < 1.29 is 110 Å². The summed E-state index contributed by atoms with van der Waals surface area (Å²) in [6.07, 6.45) is 26.9. The number of ether oxygens (including phenoxy) is 16. The SMILES string of the molecule is COc1ccc(/C=C\c2cc(OC)c(OC)c(OC)c2)cc1N/C=C\C(=O)c1ccc(N)cc1.COc1ccc(/C=C\c2cc(OC)c(OC)c(OC)c2)cc1N/C=C\C(=O)c1ccc(O)cc1.COc1ccc(/C=C\c2cc(OC)c(OC)c(OC)c2)cc1N/C=C\C(=O)c1ccc([N+](=O)[O-])cc1.COc1ccc(/C=C\c2cc(OC)c(OC)c(OC)c2)cc1N/C=C\C(=O)c1ccccc1[N+](=O)[O-]. The van der Waals surface area contributed by atoms with Gasteiger partial charge < -0.3 is 108 Å². The second-order valence-corrected chi connectivity index (χ2v) is 29.1. The molecule has 0 aliphatic carbocycles. The highest BCUT2D eigenvalue weighted by Gasteiger charge is 2.21. The van der Waals surface area contributed by atoms with Gasteiger partial charge in [0, 0.05) is 89.7 Å². The van der Waals surface area contributed by atoms with Crippen LogP contribution < -0.4 is 103 Å². The van der Waals surface area contributed by atoms with Crippen molar-refractivity contribution in [1.82, 2.24) is 0 Å². The summed E-state index contributed by atoms with van der Waals surface area (Å²) in [6.45, 7) is 0. The highest BCUT2D eigenvalue weighted by molar-refractivity contribution is 6.08. The Morgan fingerprint density at radius 2 is 0.507 bits per heavy atom. The van der Waals surface area contributed by atoms with Crippen molar-refractivity contribution >= 4 is 112 Å². The van der Waals surface area contributed by atoms with E-state index < -0.39 is 15.6 Å². The topological polar surface area (TPSA) is 397 Å². The van der Waals surface area contributed by atoms with E-state index in [0.29, 0.717) is 131 Å². The molecule has 0 bridgehead atoms. The van der Waals surface area contributed by atoms with Gasteiger partial charge in [0.25, 0.3) is 11.4 Å². The maximum absolute atomic E-state index is 12.5. The molecule has 0 saturated carbocycles. The molecular formula is C108H107N7O25. The lowest BCUT2D eigenvalue weighted by atomic mass is 10.1. The number of non-ortho nitro benzene ring substituents is 1. The number of nitrogens with zero attached hydrogens (tertiary/aromatic N) is 2. The molecule has 0 saturated heterocycles. The number of nitro groups is 2. The van der Waals surface area contributed by atoms with Gasteiger partial charge in [-0.05, 0) is 208 Å². The number of ketones is 4. The number of phenols is 1. The molecule has 0 heterocycles. The summed E-state index contributed by atoms with van der Waals surface area (Å²) in [7, 11) is 25.0. The highest BCUT2D eigenvalue weighted by atomic mass is 16.6. The summed E-state index contributed by atoms with van der Waals surface area (Å²) in [5.74, 6) is 8.02. The second-order valence-electron chi connectivity index (χ2n) is 29.1. The molecule has 7 N–H and O–H groups in total. The molecule has 12 aromatic carbocycles. The summed E-state index contributed by atoms with van der Waals surface area (Å²) < 4.78 is 86.4. The summed E-state index contributed by atoms with van der Waals surface area (Å²) in [6, 6.07) is 61.3. The lowest BCUT2D eigenvalue weighted by Gasteiger charge is -2.13. The Balaban J connectivity index is 0.000000209. The third-order valence-corrected chi connectivity index (χ3v) is 20.5. The number of nitrogens with one attached hydrogen (secondary N) is 4. The maximum Gasteiger partial charge on any atom is 0.280 e. The molecule has 0 aromatic heterocycles. The van der Waals surface area contributed by atoms with E-state index in [2.05, 4.69) is 21.3 Å². The predicted octanol–water partition coefficient (Wildman–Crippen LogP) is 21.9. The molecule has 724 valence electrons. The Kier molecular flexibility index (Phi) is 40.3. The van der Waals surface area contributed by atoms with Crippen LogP contribution in [0.5, 0.6) is 97.7 Å². The van der Waals surface area contributed by atoms with E-state index >= 15 is 0 Å². The number of nitrogen functional groups attached to an aromatic ring is 1. The normalized spacial score (nSPS) is 10.9. The van der Waals surface area contributed by atoms with E-state index in [-0.39, 0.29) is 40.0 Å². The minimum atomic E-state index is -0.582. The molecule has 0 aliphatic heterocycles. The number of allylic oxidation sites excluding steroid dienone is 4. The second kappa shape index (κ2) is 53.5.